The summed E-state index contributed by atoms with van der Waals surface area (Å²) in [6.45, 7) is 6.39. The molecule has 2 amide bonds. The first-order valence-corrected chi connectivity index (χ1v) is 12.0. The van der Waals surface area contributed by atoms with Crippen LogP contribution in [-0.2, 0) is 19.7 Å². The van der Waals surface area contributed by atoms with Gasteiger partial charge in [-0.05, 0) is 17.7 Å². The Bertz CT molecular complexity index is 1160. The number of benzene rings is 2. The van der Waals surface area contributed by atoms with Gasteiger partial charge >= 0.3 is 0 Å². The van der Waals surface area contributed by atoms with Crippen LogP contribution in [0.15, 0.2) is 60.7 Å². The number of halogens is 2. The predicted octanol–water partition coefficient (Wildman–Crippen LogP) is 5.22. The Kier molecular flexibility index (Phi) is 8.94. The predicted molar refractivity (Wildman–Crippen MR) is 139 cm³/mol. The molecular formula is C26H30Cl2N4O3. The number of anilines is 1. The lowest BCUT2D eigenvalue weighted by Gasteiger charge is -2.24. The molecule has 0 saturated carbocycles. The van der Waals surface area contributed by atoms with E-state index >= 15 is 0 Å². The fourth-order valence-electron chi connectivity index (χ4n) is 3.39. The highest BCUT2D eigenvalue weighted by Crippen LogP contribution is 2.29. The number of nitrogens with one attached hydrogen (secondary N) is 1. The zero-order valence-corrected chi connectivity index (χ0v) is 21.8. The monoisotopic (exact) mass is 516 g/mol. The van der Waals surface area contributed by atoms with Crippen molar-refractivity contribution < 1.29 is 14.3 Å². The van der Waals surface area contributed by atoms with E-state index in [1.54, 1.807) is 22.9 Å². The maximum Gasteiger partial charge on any atom is 0.245 e. The van der Waals surface area contributed by atoms with Crippen LogP contribution < -0.4 is 5.32 Å². The van der Waals surface area contributed by atoms with Crippen molar-refractivity contribution in [3.8, 4) is 5.69 Å². The van der Waals surface area contributed by atoms with Gasteiger partial charge in [0.25, 0.3) is 0 Å². The number of carbonyl (C=O) groups is 2. The van der Waals surface area contributed by atoms with E-state index in [4.69, 9.17) is 33.0 Å². The number of nitrogens with zero attached hydrogens (tertiary/aromatic N) is 3. The Morgan fingerprint density at radius 2 is 1.77 bits per heavy atom. The number of methoxy groups -OCH3 is 1. The molecular weight excluding hydrogens is 487 g/mol. The Labute approximate surface area is 216 Å². The van der Waals surface area contributed by atoms with Gasteiger partial charge in [0.15, 0.2) is 0 Å². The van der Waals surface area contributed by atoms with E-state index < -0.39 is 5.38 Å². The van der Waals surface area contributed by atoms with Gasteiger partial charge in [-0.25, -0.2) is 4.68 Å². The van der Waals surface area contributed by atoms with Crippen LogP contribution in [0.3, 0.4) is 0 Å². The molecule has 0 radical (unpaired) electrons. The van der Waals surface area contributed by atoms with Crippen molar-refractivity contribution in [1.82, 2.24) is 14.7 Å². The molecule has 7 nitrogen and oxygen atoms in total. The molecule has 0 saturated heterocycles. The van der Waals surface area contributed by atoms with Crippen molar-refractivity contribution >= 4 is 40.8 Å². The van der Waals surface area contributed by atoms with Crippen molar-refractivity contribution in [3.05, 3.63) is 76.9 Å². The average Bonchev–Trinajstić information content (AvgIpc) is 3.25. The number of hydrogen-bond donors (Lipinski definition) is 1. The van der Waals surface area contributed by atoms with E-state index in [1.807, 2.05) is 63.2 Å². The molecule has 1 aromatic heterocycles. The summed E-state index contributed by atoms with van der Waals surface area (Å²) in [6, 6.07) is 18.1. The molecule has 1 N–H and O–H groups in total. The quantitative estimate of drug-likeness (QED) is 0.395. The number of para-hydroxylation sites is 1. The second-order valence-corrected chi connectivity index (χ2v) is 9.95. The molecule has 0 bridgehead atoms. The molecule has 0 aliphatic heterocycles. The molecule has 1 heterocycles. The van der Waals surface area contributed by atoms with Gasteiger partial charge in [-0.15, -0.1) is 11.6 Å². The summed E-state index contributed by atoms with van der Waals surface area (Å²) in [5.74, 6) is -0.308. The number of alkyl halides is 1. The van der Waals surface area contributed by atoms with Gasteiger partial charge in [-0.1, -0.05) is 74.8 Å². The Hall–Kier alpha value is -2.87. The van der Waals surface area contributed by atoms with Gasteiger partial charge < -0.3 is 15.0 Å². The molecule has 1 unspecified atom stereocenters. The second-order valence-electron chi connectivity index (χ2n) is 9.10. The van der Waals surface area contributed by atoms with Gasteiger partial charge in [0.1, 0.15) is 17.7 Å². The minimum absolute atomic E-state index is 0.198. The lowest BCUT2D eigenvalue weighted by molar-refractivity contribution is -0.135. The van der Waals surface area contributed by atoms with Crippen LogP contribution in [0.2, 0.25) is 5.02 Å². The number of hydrogen-bond acceptors (Lipinski definition) is 4. The standard InChI is InChI=1S/C26H30Cl2N4O3/c1-26(2,3)21-16-22(32(30-21)20-13-9-8-12-19(20)27)29-23(33)17-31(14-15-35-4)25(34)24(28)18-10-6-5-7-11-18/h5-13,16,24H,14-15,17H2,1-4H3,(H,29,33). The number of rotatable bonds is 9. The first-order chi connectivity index (χ1) is 16.6. The normalized spacial score (nSPS) is 12.3. The van der Waals surface area contributed by atoms with Crippen molar-refractivity contribution in [2.24, 2.45) is 0 Å². The third kappa shape index (κ3) is 6.84. The Morgan fingerprint density at radius 1 is 1.11 bits per heavy atom. The average molecular weight is 517 g/mol. The highest BCUT2D eigenvalue weighted by atomic mass is 35.5. The lowest BCUT2D eigenvalue weighted by atomic mass is 9.92. The molecule has 3 aromatic rings. The van der Waals surface area contributed by atoms with Gasteiger partial charge in [-0.3, -0.25) is 9.59 Å². The van der Waals surface area contributed by atoms with Crippen LogP contribution in [0.1, 0.15) is 37.4 Å². The highest BCUT2D eigenvalue weighted by Gasteiger charge is 2.27. The maximum absolute atomic E-state index is 13.1. The third-order valence-electron chi connectivity index (χ3n) is 5.35. The summed E-state index contributed by atoms with van der Waals surface area (Å²) in [7, 11) is 1.54. The van der Waals surface area contributed by atoms with E-state index in [9.17, 15) is 9.59 Å². The van der Waals surface area contributed by atoms with E-state index in [1.165, 1.54) is 12.0 Å². The van der Waals surface area contributed by atoms with Gasteiger partial charge in [0.2, 0.25) is 11.8 Å². The van der Waals surface area contributed by atoms with Crippen LogP contribution in [0.4, 0.5) is 5.82 Å². The first-order valence-electron chi connectivity index (χ1n) is 11.2. The zero-order chi connectivity index (χ0) is 25.6. The fraction of sp³-hybridized carbons (Fsp3) is 0.346. The molecule has 3 rings (SSSR count). The van der Waals surface area contributed by atoms with Gasteiger partial charge in [0.05, 0.1) is 23.0 Å². The second kappa shape index (κ2) is 11.7. The minimum Gasteiger partial charge on any atom is -0.383 e. The van der Waals surface area contributed by atoms with Crippen molar-refractivity contribution in [2.75, 3.05) is 32.1 Å². The summed E-state index contributed by atoms with van der Waals surface area (Å²) in [6.07, 6.45) is 0. The maximum atomic E-state index is 13.1. The summed E-state index contributed by atoms with van der Waals surface area (Å²) >= 11 is 12.9. The minimum atomic E-state index is -0.915. The number of ether oxygens (including phenoxy) is 1. The topological polar surface area (TPSA) is 76.5 Å². The number of amides is 2. The fourth-order valence-corrected chi connectivity index (χ4v) is 3.89. The third-order valence-corrected chi connectivity index (χ3v) is 6.10. The summed E-state index contributed by atoms with van der Waals surface area (Å²) in [4.78, 5) is 27.6. The lowest BCUT2D eigenvalue weighted by Crippen LogP contribution is -2.41. The van der Waals surface area contributed by atoms with Crippen molar-refractivity contribution in [3.63, 3.8) is 0 Å². The molecule has 0 aliphatic rings. The highest BCUT2D eigenvalue weighted by molar-refractivity contribution is 6.32. The molecule has 1 atom stereocenters. The summed E-state index contributed by atoms with van der Waals surface area (Å²) < 4.78 is 6.75. The van der Waals surface area contributed by atoms with Crippen LogP contribution in [0.25, 0.3) is 5.69 Å². The molecule has 2 aromatic carbocycles. The van der Waals surface area contributed by atoms with Crippen LogP contribution in [-0.4, -0.2) is 53.3 Å². The van der Waals surface area contributed by atoms with E-state index in [0.29, 0.717) is 22.1 Å². The zero-order valence-electron chi connectivity index (χ0n) is 20.3. The van der Waals surface area contributed by atoms with Crippen LogP contribution in [0.5, 0.6) is 0 Å². The van der Waals surface area contributed by atoms with E-state index in [2.05, 4.69) is 5.32 Å². The SMILES string of the molecule is COCCN(CC(=O)Nc1cc(C(C)(C)C)nn1-c1ccccc1Cl)C(=O)C(Cl)c1ccccc1. The van der Waals surface area contributed by atoms with E-state index in [-0.39, 0.29) is 36.9 Å². The molecule has 0 spiro atoms. The summed E-state index contributed by atoms with van der Waals surface area (Å²) in [5.41, 5.74) is 1.82. The molecule has 0 fully saturated rings. The summed E-state index contributed by atoms with van der Waals surface area (Å²) in [5, 5.41) is 7.17. The smallest absolute Gasteiger partial charge is 0.245 e. The Morgan fingerprint density at radius 3 is 2.40 bits per heavy atom. The van der Waals surface area contributed by atoms with E-state index in [0.717, 1.165) is 5.69 Å². The number of carbonyl (C=O) groups excluding carboxylic acids is 2. The molecule has 186 valence electrons. The molecule has 35 heavy (non-hydrogen) atoms. The number of aromatic nitrogens is 2. The molecule has 9 heteroatoms. The van der Waals surface area contributed by atoms with Crippen molar-refractivity contribution in [2.45, 2.75) is 31.6 Å². The first kappa shape index (κ1) is 26.7. The van der Waals surface area contributed by atoms with Crippen molar-refractivity contribution in [1.29, 1.82) is 0 Å². The largest absolute Gasteiger partial charge is 0.383 e. The Balaban J connectivity index is 1.85. The van der Waals surface area contributed by atoms with Crippen LogP contribution >= 0.6 is 23.2 Å². The van der Waals surface area contributed by atoms with Crippen LogP contribution in [0, 0.1) is 0 Å². The van der Waals surface area contributed by atoms with Gasteiger partial charge in [0, 0.05) is 25.1 Å². The van der Waals surface area contributed by atoms with Gasteiger partial charge in [-0.2, -0.15) is 5.10 Å². The molecule has 0 aliphatic carbocycles.